The Balaban J connectivity index is 1.37. The van der Waals surface area contributed by atoms with E-state index in [4.69, 9.17) is 4.98 Å². The molecule has 1 saturated heterocycles. The second-order valence-corrected chi connectivity index (χ2v) is 8.57. The topological polar surface area (TPSA) is 65.3 Å². The lowest BCUT2D eigenvalue weighted by atomic mass is 10.0. The first kappa shape index (κ1) is 19.2. The van der Waals surface area contributed by atoms with E-state index in [0.29, 0.717) is 0 Å². The van der Waals surface area contributed by atoms with Crippen LogP contribution in [0.1, 0.15) is 5.56 Å². The van der Waals surface area contributed by atoms with Gasteiger partial charge >= 0.3 is 0 Å². The standard InChI is InChI=1S/C25H25N7/c1-30-7-9-31(10-8-30)17-18-11-21-22(15-28-25(21)27-13-18)19-4-6-32-24(12-19)23(16-29-32)20-3-2-5-26-14-20/h2-6,11-16H,7-10,17H2,1H3,(H,27,28). The van der Waals surface area contributed by atoms with Crippen LogP contribution in [-0.2, 0) is 6.54 Å². The number of hydrogen-bond acceptors (Lipinski definition) is 5. The van der Waals surface area contributed by atoms with E-state index in [9.17, 15) is 0 Å². The van der Waals surface area contributed by atoms with Crippen molar-refractivity contribution in [2.45, 2.75) is 6.54 Å². The first-order valence-electron chi connectivity index (χ1n) is 11.0. The van der Waals surface area contributed by atoms with Gasteiger partial charge in [-0.2, -0.15) is 5.10 Å². The summed E-state index contributed by atoms with van der Waals surface area (Å²) >= 11 is 0. The van der Waals surface area contributed by atoms with E-state index in [1.54, 1.807) is 6.20 Å². The summed E-state index contributed by atoms with van der Waals surface area (Å²) in [4.78, 5) is 17.2. The highest BCUT2D eigenvalue weighted by Crippen LogP contribution is 2.32. The molecule has 0 bridgehead atoms. The van der Waals surface area contributed by atoms with Gasteiger partial charge in [0.25, 0.3) is 0 Å². The molecule has 7 heteroatoms. The molecule has 0 aromatic carbocycles. The molecule has 160 valence electrons. The maximum absolute atomic E-state index is 4.71. The number of aromatic nitrogens is 5. The second-order valence-electron chi connectivity index (χ2n) is 8.57. The molecule has 0 unspecified atom stereocenters. The van der Waals surface area contributed by atoms with Crippen LogP contribution in [0.15, 0.2) is 67.5 Å². The van der Waals surface area contributed by atoms with Gasteiger partial charge in [-0.25, -0.2) is 9.50 Å². The molecule has 0 amide bonds. The summed E-state index contributed by atoms with van der Waals surface area (Å²) in [6.45, 7) is 5.38. The highest BCUT2D eigenvalue weighted by Gasteiger charge is 2.16. The summed E-state index contributed by atoms with van der Waals surface area (Å²) in [7, 11) is 2.19. The fourth-order valence-electron chi connectivity index (χ4n) is 4.53. The van der Waals surface area contributed by atoms with E-state index in [0.717, 1.165) is 71.5 Å². The van der Waals surface area contributed by atoms with Gasteiger partial charge in [0.15, 0.2) is 0 Å². The van der Waals surface area contributed by atoms with Crippen molar-refractivity contribution in [3.63, 3.8) is 0 Å². The summed E-state index contributed by atoms with van der Waals surface area (Å²) in [5.74, 6) is 0. The molecule has 0 atom stereocenters. The monoisotopic (exact) mass is 423 g/mol. The number of H-pyrrole nitrogens is 1. The number of nitrogens with one attached hydrogen (secondary N) is 1. The minimum Gasteiger partial charge on any atom is -0.346 e. The van der Waals surface area contributed by atoms with Crippen LogP contribution in [0.4, 0.5) is 0 Å². The fourth-order valence-corrected chi connectivity index (χ4v) is 4.53. The van der Waals surface area contributed by atoms with Crippen molar-refractivity contribution in [1.29, 1.82) is 0 Å². The molecule has 1 fully saturated rings. The third kappa shape index (κ3) is 3.45. The zero-order valence-corrected chi connectivity index (χ0v) is 18.1. The van der Waals surface area contributed by atoms with Crippen LogP contribution in [0.25, 0.3) is 38.8 Å². The van der Waals surface area contributed by atoms with Crippen LogP contribution in [0.2, 0.25) is 0 Å². The van der Waals surface area contributed by atoms with E-state index < -0.39 is 0 Å². The summed E-state index contributed by atoms with van der Waals surface area (Å²) in [6.07, 6.45) is 11.7. The van der Waals surface area contributed by atoms with Gasteiger partial charge < -0.3 is 9.88 Å². The number of pyridine rings is 3. The van der Waals surface area contributed by atoms with Gasteiger partial charge in [-0.1, -0.05) is 6.07 Å². The number of rotatable bonds is 4. The van der Waals surface area contributed by atoms with Crippen LogP contribution in [0.3, 0.4) is 0 Å². The van der Waals surface area contributed by atoms with E-state index in [2.05, 4.69) is 62.4 Å². The van der Waals surface area contributed by atoms with Crippen molar-refractivity contribution in [3.8, 4) is 22.3 Å². The molecule has 1 N–H and O–H groups in total. The summed E-state index contributed by atoms with van der Waals surface area (Å²) in [6, 6.07) is 10.6. The maximum atomic E-state index is 4.71. The van der Waals surface area contributed by atoms with Crippen LogP contribution in [0.5, 0.6) is 0 Å². The second kappa shape index (κ2) is 7.85. The van der Waals surface area contributed by atoms with Crippen LogP contribution < -0.4 is 0 Å². The molecule has 7 nitrogen and oxygen atoms in total. The number of fused-ring (bicyclic) bond motifs is 2. The van der Waals surface area contributed by atoms with Gasteiger partial charge in [0, 0.05) is 85.8 Å². The number of nitrogens with zero attached hydrogens (tertiary/aromatic N) is 6. The molecule has 5 aromatic rings. The molecular weight excluding hydrogens is 398 g/mol. The molecule has 6 heterocycles. The van der Waals surface area contributed by atoms with Gasteiger partial charge in [-0.05, 0) is 42.4 Å². The van der Waals surface area contributed by atoms with Gasteiger partial charge in [-0.3, -0.25) is 9.88 Å². The zero-order chi connectivity index (χ0) is 21.5. The quantitative estimate of drug-likeness (QED) is 0.478. The first-order valence-corrected chi connectivity index (χ1v) is 11.0. The summed E-state index contributed by atoms with van der Waals surface area (Å²) < 4.78 is 1.91. The Hall–Kier alpha value is -3.55. The van der Waals surface area contributed by atoms with Crippen molar-refractivity contribution in [3.05, 3.63) is 73.1 Å². The minimum atomic E-state index is 0.919. The highest BCUT2D eigenvalue weighted by molar-refractivity contribution is 5.95. The van der Waals surface area contributed by atoms with E-state index >= 15 is 0 Å². The third-order valence-corrected chi connectivity index (χ3v) is 6.39. The molecule has 0 radical (unpaired) electrons. The third-order valence-electron chi connectivity index (χ3n) is 6.39. The Morgan fingerprint density at radius 1 is 0.969 bits per heavy atom. The maximum Gasteiger partial charge on any atom is 0.137 e. The molecule has 6 rings (SSSR count). The fraction of sp³-hybridized carbons (Fsp3) is 0.240. The largest absolute Gasteiger partial charge is 0.346 e. The van der Waals surface area contributed by atoms with Crippen molar-refractivity contribution in [1.82, 2.24) is 34.4 Å². The lowest BCUT2D eigenvalue weighted by molar-refractivity contribution is 0.148. The Labute approximate surface area is 186 Å². The molecule has 0 spiro atoms. The Morgan fingerprint density at radius 2 is 1.88 bits per heavy atom. The SMILES string of the molecule is CN1CCN(Cc2cnc3[nH]cc(-c4ccn5ncc(-c6cccnc6)c5c4)c3c2)CC1. The molecule has 32 heavy (non-hydrogen) atoms. The molecule has 0 saturated carbocycles. The average molecular weight is 424 g/mol. The molecule has 5 aromatic heterocycles. The first-order chi connectivity index (χ1) is 15.7. The molecular formula is C25H25N7. The predicted octanol–water partition coefficient (Wildman–Crippen LogP) is 3.69. The molecule has 1 aliphatic heterocycles. The van der Waals surface area contributed by atoms with Gasteiger partial charge in [-0.15, -0.1) is 0 Å². The lowest BCUT2D eigenvalue weighted by Crippen LogP contribution is -2.43. The number of hydrogen-bond donors (Lipinski definition) is 1. The Bertz CT molecular complexity index is 1380. The van der Waals surface area contributed by atoms with Gasteiger partial charge in [0.1, 0.15) is 5.65 Å². The minimum absolute atomic E-state index is 0.919. The molecule has 0 aliphatic carbocycles. The van der Waals surface area contributed by atoms with E-state index in [-0.39, 0.29) is 0 Å². The molecule has 1 aliphatic rings. The van der Waals surface area contributed by atoms with Gasteiger partial charge in [0.2, 0.25) is 0 Å². The highest BCUT2D eigenvalue weighted by atomic mass is 15.2. The smallest absolute Gasteiger partial charge is 0.137 e. The van der Waals surface area contributed by atoms with Gasteiger partial charge in [0.05, 0.1) is 11.7 Å². The van der Waals surface area contributed by atoms with Crippen molar-refractivity contribution >= 4 is 16.6 Å². The van der Waals surface area contributed by atoms with E-state index in [1.807, 2.05) is 35.4 Å². The van der Waals surface area contributed by atoms with Crippen molar-refractivity contribution < 1.29 is 0 Å². The lowest BCUT2D eigenvalue weighted by Gasteiger charge is -2.32. The van der Waals surface area contributed by atoms with Crippen LogP contribution in [-0.4, -0.2) is 67.6 Å². The summed E-state index contributed by atoms with van der Waals surface area (Å²) in [5, 5.41) is 5.68. The van der Waals surface area contributed by atoms with Crippen molar-refractivity contribution in [2.24, 2.45) is 0 Å². The van der Waals surface area contributed by atoms with Crippen LogP contribution >= 0.6 is 0 Å². The number of likely N-dealkylation sites (N-methyl/N-ethyl adjacent to an activating group) is 1. The summed E-state index contributed by atoms with van der Waals surface area (Å²) in [5.41, 5.74) is 7.68. The Kier molecular flexibility index (Phi) is 4.70. The zero-order valence-electron chi connectivity index (χ0n) is 18.1. The van der Waals surface area contributed by atoms with E-state index in [1.165, 1.54) is 5.56 Å². The van der Waals surface area contributed by atoms with Crippen molar-refractivity contribution in [2.75, 3.05) is 33.2 Å². The normalized spacial score (nSPS) is 15.7. The predicted molar refractivity (Wildman–Crippen MR) is 126 cm³/mol. The average Bonchev–Trinajstić information content (AvgIpc) is 3.45. The number of piperazine rings is 1. The Morgan fingerprint density at radius 3 is 2.72 bits per heavy atom. The van der Waals surface area contributed by atoms with Crippen LogP contribution in [0, 0.1) is 0 Å². The number of aromatic amines is 1.